The van der Waals surface area contributed by atoms with Gasteiger partial charge in [0.2, 0.25) is 11.9 Å². The molecule has 5 aromatic rings. The minimum absolute atomic E-state index is 0.0470. The van der Waals surface area contributed by atoms with E-state index in [4.69, 9.17) is 23.2 Å². The molecule has 1 aromatic carbocycles. The molecule has 0 radical (unpaired) electrons. The summed E-state index contributed by atoms with van der Waals surface area (Å²) in [4.78, 5) is 30.9. The topological polar surface area (TPSA) is 113 Å². The number of pyridine rings is 2. The molecule has 5 heterocycles. The summed E-state index contributed by atoms with van der Waals surface area (Å²) in [7, 11) is 0. The van der Waals surface area contributed by atoms with Gasteiger partial charge in [-0.2, -0.15) is 18.3 Å². The zero-order chi connectivity index (χ0) is 32.0. The summed E-state index contributed by atoms with van der Waals surface area (Å²) in [6, 6.07) is 6.93. The lowest BCUT2D eigenvalue weighted by molar-refractivity contribution is -0.119. The van der Waals surface area contributed by atoms with E-state index in [0.29, 0.717) is 22.1 Å². The number of aromatic nitrogens is 7. The van der Waals surface area contributed by atoms with Crippen LogP contribution in [0.25, 0.3) is 28.1 Å². The average molecular weight is 661 g/mol. The molecular formula is C29H22Cl2F4N8O2. The van der Waals surface area contributed by atoms with Crippen LogP contribution in [0.2, 0.25) is 10.2 Å². The number of benzene rings is 1. The molecular weight excluding hydrogens is 639 g/mol. The van der Waals surface area contributed by atoms with E-state index in [9.17, 15) is 18.4 Å². The van der Waals surface area contributed by atoms with Gasteiger partial charge in [-0.1, -0.05) is 41.8 Å². The van der Waals surface area contributed by atoms with Gasteiger partial charge in [-0.15, -0.1) is 5.10 Å². The van der Waals surface area contributed by atoms with Gasteiger partial charge in [0.15, 0.2) is 11.0 Å². The van der Waals surface area contributed by atoms with Crippen LogP contribution in [0.4, 0.5) is 23.2 Å². The number of halogens is 6. The van der Waals surface area contributed by atoms with Crippen LogP contribution in [-0.4, -0.2) is 40.2 Å². The van der Waals surface area contributed by atoms with Crippen molar-refractivity contribution in [3.63, 3.8) is 0 Å². The number of hydrogen-bond acceptors (Lipinski definition) is 6. The Morgan fingerprint density at radius 3 is 2.58 bits per heavy atom. The standard InChI is InChI=1S/C29H22Cl2F4N8O2/c1-14-3-2-4-22(19-9-15(7-8-36-19)26-20(38-28(14)45)12-37-43(26)29(34)35)42-24(44)11-18(25(32)27(42)33)17-10-16(30)5-6-21(17)41-13-23(31)39-40-41/h5-14,22,29H,2-4H2,1H3,(H,38,45). The van der Waals surface area contributed by atoms with Gasteiger partial charge in [-0.25, -0.2) is 13.8 Å². The lowest BCUT2D eigenvalue weighted by Gasteiger charge is -2.23. The molecule has 4 aromatic heterocycles. The van der Waals surface area contributed by atoms with Crippen molar-refractivity contribution >= 4 is 34.8 Å². The van der Waals surface area contributed by atoms with Gasteiger partial charge < -0.3 is 5.32 Å². The first-order chi connectivity index (χ1) is 21.5. The number of fused-ring (bicyclic) bond motifs is 4. The monoisotopic (exact) mass is 660 g/mol. The third-order valence-electron chi connectivity index (χ3n) is 7.60. The van der Waals surface area contributed by atoms with Gasteiger partial charge in [0.25, 0.3) is 5.56 Å². The van der Waals surface area contributed by atoms with E-state index in [2.05, 4.69) is 25.7 Å². The molecule has 1 aliphatic heterocycles. The minimum atomic E-state index is -3.05. The summed E-state index contributed by atoms with van der Waals surface area (Å²) in [6.07, 6.45) is 4.45. The van der Waals surface area contributed by atoms with Crippen LogP contribution in [0.15, 0.2) is 59.8 Å². The first kappa shape index (κ1) is 30.5. The van der Waals surface area contributed by atoms with Crippen LogP contribution in [0.1, 0.15) is 44.5 Å². The van der Waals surface area contributed by atoms with Crippen molar-refractivity contribution in [3.8, 4) is 28.1 Å². The summed E-state index contributed by atoms with van der Waals surface area (Å²) < 4.78 is 62.3. The predicted octanol–water partition coefficient (Wildman–Crippen LogP) is 6.68. The number of nitrogens with zero attached hydrogens (tertiary/aromatic N) is 7. The fraction of sp³-hybridized carbons (Fsp3) is 0.241. The van der Waals surface area contributed by atoms with Gasteiger partial charge in [0.1, 0.15) is 0 Å². The Bertz CT molecular complexity index is 1990. The zero-order valence-electron chi connectivity index (χ0n) is 23.3. The van der Waals surface area contributed by atoms with Crippen LogP contribution in [0.3, 0.4) is 0 Å². The van der Waals surface area contributed by atoms with E-state index in [1.807, 2.05) is 0 Å². The van der Waals surface area contributed by atoms with Crippen molar-refractivity contribution in [3.05, 3.63) is 93.0 Å². The zero-order valence-corrected chi connectivity index (χ0v) is 24.8. The molecule has 2 atom stereocenters. The fourth-order valence-corrected chi connectivity index (χ4v) is 5.72. The summed E-state index contributed by atoms with van der Waals surface area (Å²) in [5, 5.41) is 14.2. The number of carbonyl (C=O) groups is 1. The van der Waals surface area contributed by atoms with Crippen molar-refractivity contribution in [2.75, 3.05) is 5.32 Å². The Morgan fingerprint density at radius 1 is 1.04 bits per heavy atom. The first-order valence-electron chi connectivity index (χ1n) is 13.6. The molecule has 0 saturated heterocycles. The van der Waals surface area contributed by atoms with E-state index < -0.39 is 41.7 Å². The Balaban J connectivity index is 1.52. The Hall–Kier alpha value is -4.56. The van der Waals surface area contributed by atoms with Gasteiger partial charge in [-0.05, 0) is 43.2 Å². The number of rotatable bonds is 4. The molecule has 0 spiro atoms. The van der Waals surface area contributed by atoms with Crippen LogP contribution >= 0.6 is 23.2 Å². The Labute approximate surface area is 262 Å². The van der Waals surface area contributed by atoms with Crippen molar-refractivity contribution in [2.24, 2.45) is 5.92 Å². The highest BCUT2D eigenvalue weighted by Gasteiger charge is 2.29. The van der Waals surface area contributed by atoms with E-state index in [0.717, 1.165) is 12.3 Å². The molecule has 0 fully saturated rings. The van der Waals surface area contributed by atoms with Crippen LogP contribution in [0, 0.1) is 17.7 Å². The molecule has 2 bridgehead atoms. The molecule has 2 unspecified atom stereocenters. The summed E-state index contributed by atoms with van der Waals surface area (Å²) in [5.74, 6) is -3.83. The van der Waals surface area contributed by atoms with Gasteiger partial charge in [0.05, 0.1) is 41.2 Å². The second kappa shape index (κ2) is 12.1. The van der Waals surface area contributed by atoms with Crippen LogP contribution in [0.5, 0.6) is 0 Å². The second-order valence-electron chi connectivity index (χ2n) is 10.5. The fourth-order valence-electron chi connectivity index (χ4n) is 5.42. The van der Waals surface area contributed by atoms with Crippen molar-refractivity contribution < 1.29 is 22.4 Å². The number of amides is 1. The molecule has 10 nitrogen and oxygen atoms in total. The molecule has 6 rings (SSSR count). The maximum absolute atomic E-state index is 16.1. The average Bonchev–Trinajstić information content (AvgIpc) is 3.64. The summed E-state index contributed by atoms with van der Waals surface area (Å²) >= 11 is 12.1. The highest BCUT2D eigenvalue weighted by molar-refractivity contribution is 6.31. The van der Waals surface area contributed by atoms with Gasteiger partial charge >= 0.3 is 6.55 Å². The maximum Gasteiger partial charge on any atom is 0.333 e. The number of carbonyl (C=O) groups excluding carboxylic acids is 1. The van der Waals surface area contributed by atoms with E-state index >= 15 is 8.78 Å². The normalized spacial score (nSPS) is 17.0. The maximum atomic E-state index is 16.1. The molecule has 1 amide bonds. The number of hydrogen-bond donors (Lipinski definition) is 1. The Morgan fingerprint density at radius 2 is 1.84 bits per heavy atom. The smallest absolute Gasteiger partial charge is 0.323 e. The largest absolute Gasteiger partial charge is 0.333 e. The number of alkyl halides is 2. The van der Waals surface area contributed by atoms with Crippen molar-refractivity contribution in [1.82, 2.24) is 34.3 Å². The summed E-state index contributed by atoms with van der Waals surface area (Å²) in [5.41, 5.74) is -0.774. The summed E-state index contributed by atoms with van der Waals surface area (Å²) in [6.45, 7) is -1.40. The van der Waals surface area contributed by atoms with E-state index in [1.165, 1.54) is 47.4 Å². The molecule has 16 heteroatoms. The highest BCUT2D eigenvalue weighted by Crippen LogP contribution is 2.36. The second-order valence-corrected chi connectivity index (χ2v) is 11.3. The van der Waals surface area contributed by atoms with Crippen LogP contribution < -0.4 is 10.9 Å². The Kier molecular flexibility index (Phi) is 8.18. The minimum Gasteiger partial charge on any atom is -0.323 e. The predicted molar refractivity (Wildman–Crippen MR) is 157 cm³/mol. The van der Waals surface area contributed by atoms with Crippen LogP contribution in [-0.2, 0) is 4.79 Å². The molecule has 1 N–H and O–H groups in total. The lowest BCUT2D eigenvalue weighted by atomic mass is 9.96. The highest BCUT2D eigenvalue weighted by atomic mass is 35.5. The van der Waals surface area contributed by atoms with E-state index in [1.54, 1.807) is 6.92 Å². The van der Waals surface area contributed by atoms with Gasteiger partial charge in [0, 0.05) is 39.9 Å². The molecule has 1 aliphatic rings. The molecule has 0 aliphatic carbocycles. The van der Waals surface area contributed by atoms with E-state index in [-0.39, 0.29) is 56.0 Å². The third kappa shape index (κ3) is 5.71. The van der Waals surface area contributed by atoms with Gasteiger partial charge in [-0.3, -0.25) is 19.1 Å². The quantitative estimate of drug-likeness (QED) is 0.170. The third-order valence-corrected chi connectivity index (χ3v) is 8.01. The first-order valence-corrected chi connectivity index (χ1v) is 14.4. The number of nitrogens with one attached hydrogen (secondary N) is 1. The number of anilines is 1. The lowest BCUT2D eigenvalue weighted by Crippen LogP contribution is -2.30. The molecule has 232 valence electrons. The molecule has 0 saturated carbocycles. The van der Waals surface area contributed by atoms with Crippen molar-refractivity contribution in [2.45, 2.75) is 38.8 Å². The van der Waals surface area contributed by atoms with Crippen molar-refractivity contribution in [1.29, 1.82) is 0 Å². The SMILES string of the molecule is CC1CCCC(n2c(F)c(F)c(-c3cc(Cl)ccc3-n3cc(Cl)nn3)cc2=O)c2cc(ccn2)-c2c(cnn2C(F)F)NC1=O. The molecule has 45 heavy (non-hydrogen) atoms.